The molecule has 0 spiro atoms. The van der Waals surface area contributed by atoms with Crippen molar-refractivity contribution >= 4 is 16.9 Å². The number of hydrogen-bond acceptors (Lipinski definition) is 5. The van der Waals surface area contributed by atoms with Gasteiger partial charge in [0.1, 0.15) is 11.3 Å². The molecular weight excluding hydrogens is 392 g/mol. The average molecular weight is 414 g/mol. The maximum Gasteiger partial charge on any atom is 0.336 e. The van der Waals surface area contributed by atoms with Crippen LogP contribution in [0.15, 0.2) is 82.3 Å². The Balaban J connectivity index is 1.58. The van der Waals surface area contributed by atoms with Crippen LogP contribution in [0.2, 0.25) is 0 Å². The van der Waals surface area contributed by atoms with Gasteiger partial charge in [0, 0.05) is 36.0 Å². The molecule has 1 atom stereocenters. The number of ether oxygens (including phenoxy) is 1. The monoisotopic (exact) mass is 414 g/mol. The van der Waals surface area contributed by atoms with Crippen LogP contribution >= 0.6 is 0 Å². The second-order valence-electron chi connectivity index (χ2n) is 7.25. The Bertz CT molecular complexity index is 1270. The van der Waals surface area contributed by atoms with Crippen molar-refractivity contribution in [1.82, 2.24) is 10.3 Å². The lowest BCUT2D eigenvalue weighted by Crippen LogP contribution is -2.36. The number of aryl methyl sites for hydroxylation is 1. The zero-order valence-electron chi connectivity index (χ0n) is 17.3. The van der Waals surface area contributed by atoms with Crippen molar-refractivity contribution in [1.29, 1.82) is 0 Å². The van der Waals surface area contributed by atoms with Gasteiger partial charge in [-0.2, -0.15) is 0 Å². The lowest BCUT2D eigenvalue weighted by Gasteiger charge is -2.17. The van der Waals surface area contributed by atoms with E-state index in [1.165, 1.54) is 6.07 Å². The average Bonchev–Trinajstić information content (AvgIpc) is 2.80. The number of carbonyl (C=O) groups excluding carboxylic acids is 1. The van der Waals surface area contributed by atoms with Crippen LogP contribution in [0.4, 0.5) is 0 Å². The molecule has 0 fully saturated rings. The topological polar surface area (TPSA) is 81.4 Å². The van der Waals surface area contributed by atoms with Gasteiger partial charge in [0.05, 0.1) is 0 Å². The Morgan fingerprint density at radius 1 is 1.13 bits per heavy atom. The second-order valence-corrected chi connectivity index (χ2v) is 7.25. The molecule has 0 saturated carbocycles. The molecule has 31 heavy (non-hydrogen) atoms. The number of pyridine rings is 1. The number of nitrogens with zero attached hydrogens (tertiary/aromatic N) is 1. The lowest BCUT2D eigenvalue weighted by molar-refractivity contribution is -0.127. The van der Waals surface area contributed by atoms with Gasteiger partial charge < -0.3 is 14.5 Å². The molecule has 1 unspecified atom stereocenters. The molecule has 6 nitrogen and oxygen atoms in total. The van der Waals surface area contributed by atoms with Gasteiger partial charge in [0.15, 0.2) is 6.10 Å². The summed E-state index contributed by atoms with van der Waals surface area (Å²) in [6.45, 7) is 3.86. The molecule has 6 heteroatoms. The number of aromatic nitrogens is 1. The molecule has 0 saturated heterocycles. The summed E-state index contributed by atoms with van der Waals surface area (Å²) in [6, 6.07) is 18.5. The van der Waals surface area contributed by atoms with Crippen molar-refractivity contribution in [3.8, 4) is 16.9 Å². The minimum atomic E-state index is -0.725. The molecule has 0 aliphatic carbocycles. The van der Waals surface area contributed by atoms with E-state index in [2.05, 4.69) is 10.3 Å². The standard InChI is InChI=1S/C25H22N2O4/c1-16-22(30-17(2)25(29)27-15-18-7-6-12-26-14-18)11-10-20-21(13-23(28)31-24(16)20)19-8-4-3-5-9-19/h3-14,17H,15H2,1-2H3,(H,27,29). The van der Waals surface area contributed by atoms with E-state index in [4.69, 9.17) is 9.15 Å². The van der Waals surface area contributed by atoms with Gasteiger partial charge in [-0.3, -0.25) is 9.78 Å². The normalized spacial score (nSPS) is 11.8. The van der Waals surface area contributed by atoms with Crippen molar-refractivity contribution < 1.29 is 13.9 Å². The first-order chi connectivity index (χ1) is 15.0. The van der Waals surface area contributed by atoms with Crippen molar-refractivity contribution in [2.24, 2.45) is 0 Å². The van der Waals surface area contributed by atoms with Crippen LogP contribution in [0, 0.1) is 6.92 Å². The first-order valence-corrected chi connectivity index (χ1v) is 9.99. The molecule has 0 aliphatic rings. The van der Waals surface area contributed by atoms with Crippen LogP contribution in [-0.2, 0) is 11.3 Å². The highest BCUT2D eigenvalue weighted by Crippen LogP contribution is 2.33. The van der Waals surface area contributed by atoms with E-state index in [0.29, 0.717) is 23.4 Å². The largest absolute Gasteiger partial charge is 0.480 e. The van der Waals surface area contributed by atoms with Crippen LogP contribution in [0.25, 0.3) is 22.1 Å². The number of benzene rings is 2. The van der Waals surface area contributed by atoms with Crippen molar-refractivity contribution in [2.45, 2.75) is 26.5 Å². The van der Waals surface area contributed by atoms with Gasteiger partial charge in [-0.05, 0) is 48.7 Å². The minimum absolute atomic E-state index is 0.247. The van der Waals surface area contributed by atoms with E-state index >= 15 is 0 Å². The van der Waals surface area contributed by atoms with Crippen molar-refractivity contribution in [3.05, 3.63) is 94.6 Å². The van der Waals surface area contributed by atoms with Crippen LogP contribution < -0.4 is 15.7 Å². The maximum atomic E-state index is 12.5. The first kappa shape index (κ1) is 20.3. The zero-order valence-corrected chi connectivity index (χ0v) is 17.3. The van der Waals surface area contributed by atoms with E-state index in [9.17, 15) is 9.59 Å². The van der Waals surface area contributed by atoms with E-state index < -0.39 is 11.7 Å². The Hall–Kier alpha value is -3.93. The van der Waals surface area contributed by atoms with E-state index in [1.807, 2.05) is 55.5 Å². The third kappa shape index (κ3) is 4.48. The number of carbonyl (C=O) groups is 1. The summed E-state index contributed by atoms with van der Waals surface area (Å²) in [5, 5.41) is 3.65. The summed E-state index contributed by atoms with van der Waals surface area (Å²) in [7, 11) is 0. The van der Waals surface area contributed by atoms with Gasteiger partial charge in [0.25, 0.3) is 5.91 Å². The van der Waals surface area contributed by atoms with Crippen LogP contribution in [-0.4, -0.2) is 17.0 Å². The molecule has 4 aromatic rings. The third-order valence-electron chi connectivity index (χ3n) is 5.06. The molecule has 2 aromatic heterocycles. The smallest absolute Gasteiger partial charge is 0.336 e. The fourth-order valence-electron chi connectivity index (χ4n) is 3.41. The Morgan fingerprint density at radius 3 is 2.68 bits per heavy atom. The molecule has 0 radical (unpaired) electrons. The molecule has 1 amide bonds. The van der Waals surface area contributed by atoms with Gasteiger partial charge in [-0.15, -0.1) is 0 Å². The molecule has 156 valence electrons. The van der Waals surface area contributed by atoms with E-state index in [0.717, 1.165) is 22.1 Å². The first-order valence-electron chi connectivity index (χ1n) is 9.99. The Morgan fingerprint density at radius 2 is 1.94 bits per heavy atom. The van der Waals surface area contributed by atoms with Gasteiger partial charge in [-0.25, -0.2) is 4.79 Å². The zero-order chi connectivity index (χ0) is 21.8. The highest BCUT2D eigenvalue weighted by Gasteiger charge is 2.18. The van der Waals surface area contributed by atoms with E-state index in [-0.39, 0.29) is 5.91 Å². The summed E-state index contributed by atoms with van der Waals surface area (Å²) in [6.07, 6.45) is 2.66. The molecule has 1 N–H and O–H groups in total. The lowest BCUT2D eigenvalue weighted by atomic mass is 10.00. The van der Waals surface area contributed by atoms with Gasteiger partial charge in [-0.1, -0.05) is 36.4 Å². The minimum Gasteiger partial charge on any atom is -0.480 e. The summed E-state index contributed by atoms with van der Waals surface area (Å²) >= 11 is 0. The van der Waals surface area contributed by atoms with Crippen molar-refractivity contribution in [2.75, 3.05) is 0 Å². The highest BCUT2D eigenvalue weighted by atomic mass is 16.5. The summed E-state index contributed by atoms with van der Waals surface area (Å²) < 4.78 is 11.4. The molecular formula is C25H22N2O4. The van der Waals surface area contributed by atoms with Crippen LogP contribution in [0.5, 0.6) is 5.75 Å². The third-order valence-corrected chi connectivity index (χ3v) is 5.06. The quantitative estimate of drug-likeness (QED) is 0.477. The van der Waals surface area contributed by atoms with E-state index in [1.54, 1.807) is 25.4 Å². The van der Waals surface area contributed by atoms with Gasteiger partial charge >= 0.3 is 5.63 Å². The Kier molecular flexibility index (Phi) is 5.80. The highest BCUT2D eigenvalue weighted by molar-refractivity contribution is 5.95. The SMILES string of the molecule is Cc1c(OC(C)C(=O)NCc2cccnc2)ccc2c(-c3ccccc3)cc(=O)oc12. The number of fused-ring (bicyclic) bond motifs is 1. The molecule has 4 rings (SSSR count). The van der Waals surface area contributed by atoms with Gasteiger partial charge in [0.2, 0.25) is 0 Å². The number of amides is 1. The number of nitrogens with one attached hydrogen (secondary N) is 1. The summed E-state index contributed by atoms with van der Waals surface area (Å²) in [4.78, 5) is 28.7. The predicted molar refractivity (Wildman–Crippen MR) is 119 cm³/mol. The number of rotatable bonds is 6. The molecule has 2 aromatic carbocycles. The summed E-state index contributed by atoms with van der Waals surface area (Å²) in [5.74, 6) is 0.243. The Labute approximate surface area is 179 Å². The molecule has 0 aliphatic heterocycles. The number of hydrogen-bond donors (Lipinski definition) is 1. The van der Waals surface area contributed by atoms with Crippen LogP contribution in [0.1, 0.15) is 18.1 Å². The maximum absolute atomic E-state index is 12.5. The molecule has 0 bridgehead atoms. The second kappa shape index (κ2) is 8.83. The molecule has 2 heterocycles. The van der Waals surface area contributed by atoms with Crippen molar-refractivity contribution in [3.63, 3.8) is 0 Å². The fraction of sp³-hybridized carbons (Fsp3) is 0.160. The summed E-state index contributed by atoms with van der Waals surface area (Å²) in [5.41, 5.74) is 3.31. The fourth-order valence-corrected chi connectivity index (χ4v) is 3.41. The predicted octanol–water partition coefficient (Wildman–Crippen LogP) is 4.25. The van der Waals surface area contributed by atoms with Crippen LogP contribution in [0.3, 0.4) is 0 Å².